The van der Waals surface area contributed by atoms with Gasteiger partial charge in [0.2, 0.25) is 0 Å². The van der Waals surface area contributed by atoms with Gasteiger partial charge in [0, 0.05) is 12.5 Å². The molecule has 0 aliphatic carbocycles. The van der Waals surface area contributed by atoms with Gasteiger partial charge in [-0.25, -0.2) is 4.79 Å². The van der Waals surface area contributed by atoms with E-state index < -0.39 is 5.76 Å². The van der Waals surface area contributed by atoms with Crippen LogP contribution >= 0.6 is 0 Å². The lowest BCUT2D eigenvalue weighted by Crippen LogP contribution is -2.26. The van der Waals surface area contributed by atoms with Gasteiger partial charge in [-0.05, 0) is 12.3 Å². The van der Waals surface area contributed by atoms with Gasteiger partial charge in [-0.1, -0.05) is 31.8 Å². The minimum Gasteiger partial charge on any atom is -0.327 e. The maximum absolute atomic E-state index is 10.7. The van der Waals surface area contributed by atoms with Crippen molar-refractivity contribution in [3.05, 3.63) is 16.4 Å². The van der Waals surface area contributed by atoms with Crippen molar-refractivity contribution in [2.45, 2.75) is 45.6 Å². The van der Waals surface area contributed by atoms with Gasteiger partial charge >= 0.3 is 5.76 Å². The van der Waals surface area contributed by atoms with Crippen LogP contribution in [0.2, 0.25) is 0 Å². The maximum atomic E-state index is 10.7. The second-order valence-electron chi connectivity index (χ2n) is 4.14. The van der Waals surface area contributed by atoms with Crippen molar-refractivity contribution in [3.63, 3.8) is 0 Å². The summed E-state index contributed by atoms with van der Waals surface area (Å²) in [6.45, 7) is 4.35. The molecule has 1 aromatic heterocycles. The van der Waals surface area contributed by atoms with Crippen molar-refractivity contribution in [1.82, 2.24) is 10.1 Å². The van der Waals surface area contributed by atoms with E-state index in [1.54, 1.807) is 0 Å². The number of H-pyrrole nitrogens is 1. The minimum atomic E-state index is -0.515. The van der Waals surface area contributed by atoms with Gasteiger partial charge in [0.15, 0.2) is 5.82 Å². The fraction of sp³-hybridized carbons (Fsp3) is 0.800. The molecule has 0 fully saturated rings. The van der Waals surface area contributed by atoms with E-state index in [-0.39, 0.29) is 6.04 Å². The van der Waals surface area contributed by atoms with Crippen LogP contribution in [0.4, 0.5) is 0 Å². The van der Waals surface area contributed by atoms with Gasteiger partial charge in [0.25, 0.3) is 0 Å². The van der Waals surface area contributed by atoms with Crippen LogP contribution in [0.25, 0.3) is 0 Å². The van der Waals surface area contributed by atoms with Crippen LogP contribution in [0.5, 0.6) is 0 Å². The minimum absolute atomic E-state index is 0.0345. The highest BCUT2D eigenvalue weighted by atomic mass is 16.5. The lowest BCUT2D eigenvalue weighted by molar-refractivity contribution is 0.375. The summed E-state index contributed by atoms with van der Waals surface area (Å²) in [7, 11) is 0. The molecule has 0 aromatic carbocycles. The molecule has 0 saturated heterocycles. The molecule has 1 aromatic rings. The first kappa shape index (κ1) is 12.0. The van der Waals surface area contributed by atoms with Crippen molar-refractivity contribution in [2.75, 3.05) is 0 Å². The van der Waals surface area contributed by atoms with Gasteiger partial charge in [-0.15, -0.1) is 0 Å². The fourth-order valence-corrected chi connectivity index (χ4v) is 1.81. The van der Waals surface area contributed by atoms with Gasteiger partial charge in [0.05, 0.1) is 0 Å². The highest BCUT2D eigenvalue weighted by molar-refractivity contribution is 4.84. The van der Waals surface area contributed by atoms with E-state index >= 15 is 0 Å². The summed E-state index contributed by atoms with van der Waals surface area (Å²) in [6, 6.07) is 0.0345. The molecule has 5 nitrogen and oxygen atoms in total. The fourth-order valence-electron chi connectivity index (χ4n) is 1.81. The molecule has 15 heavy (non-hydrogen) atoms. The molecule has 0 bridgehead atoms. The van der Waals surface area contributed by atoms with Crippen LogP contribution in [0.15, 0.2) is 9.32 Å². The highest BCUT2D eigenvalue weighted by Crippen LogP contribution is 2.12. The van der Waals surface area contributed by atoms with Crippen LogP contribution in [0.3, 0.4) is 0 Å². The van der Waals surface area contributed by atoms with Gasteiger partial charge < -0.3 is 5.73 Å². The normalized spacial score (nSPS) is 15.1. The molecule has 2 atom stereocenters. The first-order chi connectivity index (χ1) is 7.11. The Bertz CT molecular complexity index is 331. The lowest BCUT2D eigenvalue weighted by Gasteiger charge is -2.14. The predicted molar refractivity (Wildman–Crippen MR) is 57.5 cm³/mol. The smallest absolute Gasteiger partial charge is 0.327 e. The third-order valence-corrected chi connectivity index (χ3v) is 2.43. The summed E-state index contributed by atoms with van der Waals surface area (Å²) >= 11 is 0. The summed E-state index contributed by atoms with van der Waals surface area (Å²) in [5.74, 6) is 0.638. The number of aromatic amines is 1. The highest BCUT2D eigenvalue weighted by Gasteiger charge is 2.11. The van der Waals surface area contributed by atoms with Gasteiger partial charge in [0.1, 0.15) is 0 Å². The van der Waals surface area contributed by atoms with E-state index in [0.29, 0.717) is 18.2 Å². The summed E-state index contributed by atoms with van der Waals surface area (Å²) < 4.78 is 4.40. The van der Waals surface area contributed by atoms with E-state index in [1.165, 1.54) is 12.8 Å². The van der Waals surface area contributed by atoms with Crippen molar-refractivity contribution in [1.29, 1.82) is 0 Å². The topological polar surface area (TPSA) is 84.9 Å². The Morgan fingerprint density at radius 1 is 1.60 bits per heavy atom. The molecule has 0 radical (unpaired) electrons. The van der Waals surface area contributed by atoms with Crippen molar-refractivity contribution < 1.29 is 4.52 Å². The average Bonchev–Trinajstić information content (AvgIpc) is 2.51. The Kier molecular flexibility index (Phi) is 4.55. The molecule has 0 aliphatic heterocycles. The lowest BCUT2D eigenvalue weighted by atomic mass is 9.96. The molecule has 86 valence electrons. The van der Waals surface area contributed by atoms with E-state index in [4.69, 9.17) is 5.73 Å². The third-order valence-electron chi connectivity index (χ3n) is 2.43. The number of aromatic nitrogens is 2. The second kappa shape index (κ2) is 5.70. The first-order valence-corrected chi connectivity index (χ1v) is 5.42. The number of hydrogen-bond donors (Lipinski definition) is 2. The Balaban J connectivity index is 2.35. The molecular weight excluding hydrogens is 194 g/mol. The molecule has 2 unspecified atom stereocenters. The Labute approximate surface area is 89.0 Å². The summed E-state index contributed by atoms with van der Waals surface area (Å²) in [6.07, 6.45) is 3.88. The Morgan fingerprint density at radius 3 is 2.87 bits per heavy atom. The summed E-state index contributed by atoms with van der Waals surface area (Å²) in [5, 5.41) is 3.59. The number of nitrogens with two attached hydrogens (primary N) is 1. The molecule has 3 N–H and O–H groups in total. The number of rotatable bonds is 6. The standard InChI is InChI=1S/C10H19N3O2/c1-3-4-7(2)5-8(11)6-9-12-10(14)15-13-9/h7-8H,3-6,11H2,1-2H3,(H,12,13,14). The van der Waals surface area contributed by atoms with Crippen LogP contribution < -0.4 is 11.5 Å². The van der Waals surface area contributed by atoms with Crippen LogP contribution in [0, 0.1) is 5.92 Å². The monoisotopic (exact) mass is 213 g/mol. The zero-order chi connectivity index (χ0) is 11.3. The van der Waals surface area contributed by atoms with Crippen molar-refractivity contribution >= 4 is 0 Å². The maximum Gasteiger partial charge on any atom is 0.438 e. The molecule has 0 saturated carbocycles. The number of nitrogens with one attached hydrogen (secondary N) is 1. The Morgan fingerprint density at radius 2 is 2.33 bits per heavy atom. The SMILES string of the molecule is CCCC(C)CC(N)Cc1noc(=O)[nH]1. The molecule has 0 amide bonds. The van der Waals surface area contributed by atoms with Crippen LogP contribution in [-0.2, 0) is 6.42 Å². The van der Waals surface area contributed by atoms with Crippen molar-refractivity contribution in [2.24, 2.45) is 11.7 Å². The molecule has 0 spiro atoms. The number of hydrogen-bond acceptors (Lipinski definition) is 4. The molecule has 1 heterocycles. The van der Waals surface area contributed by atoms with E-state index in [2.05, 4.69) is 28.5 Å². The average molecular weight is 213 g/mol. The second-order valence-corrected chi connectivity index (χ2v) is 4.14. The summed E-state index contributed by atoms with van der Waals surface area (Å²) in [5.41, 5.74) is 5.94. The largest absolute Gasteiger partial charge is 0.438 e. The van der Waals surface area contributed by atoms with Crippen LogP contribution in [0.1, 0.15) is 38.9 Å². The van der Waals surface area contributed by atoms with E-state index in [0.717, 1.165) is 6.42 Å². The van der Waals surface area contributed by atoms with Gasteiger partial charge in [-0.3, -0.25) is 9.51 Å². The van der Waals surface area contributed by atoms with Crippen molar-refractivity contribution in [3.8, 4) is 0 Å². The van der Waals surface area contributed by atoms with Gasteiger partial charge in [-0.2, -0.15) is 0 Å². The zero-order valence-electron chi connectivity index (χ0n) is 9.32. The molecule has 5 heteroatoms. The summed E-state index contributed by atoms with van der Waals surface area (Å²) in [4.78, 5) is 13.2. The molecule has 0 aliphatic rings. The Hall–Kier alpha value is -1.10. The van der Waals surface area contributed by atoms with E-state index in [1.807, 2.05) is 0 Å². The molecular formula is C10H19N3O2. The third kappa shape index (κ3) is 4.29. The zero-order valence-corrected chi connectivity index (χ0v) is 9.32. The first-order valence-electron chi connectivity index (χ1n) is 5.42. The molecule has 1 rings (SSSR count). The quantitative estimate of drug-likeness (QED) is 0.740. The number of nitrogens with zero attached hydrogens (tertiary/aromatic N) is 1. The van der Waals surface area contributed by atoms with E-state index in [9.17, 15) is 4.79 Å². The van der Waals surface area contributed by atoms with Crippen LogP contribution in [-0.4, -0.2) is 16.2 Å². The predicted octanol–water partition coefficient (Wildman–Crippen LogP) is 1.06.